The molecule has 74 valence electrons. The third-order valence-corrected chi connectivity index (χ3v) is 2.99. The maximum atomic E-state index is 11.0. The van der Waals surface area contributed by atoms with E-state index in [2.05, 4.69) is 4.99 Å². The molecule has 0 amide bonds. The van der Waals surface area contributed by atoms with E-state index in [0.29, 0.717) is 24.6 Å². The molecule has 5 N–H and O–H groups in total. The van der Waals surface area contributed by atoms with Crippen molar-refractivity contribution < 1.29 is 4.21 Å². The Morgan fingerprint density at radius 1 is 1.38 bits per heavy atom. The van der Waals surface area contributed by atoms with Crippen LogP contribution < -0.4 is 11.5 Å². The Morgan fingerprint density at radius 3 is 2.38 bits per heavy atom. The third kappa shape index (κ3) is 3.02. The topological polar surface area (TPSA) is 109 Å². The molecular weight excluding hydrogens is 190 g/mol. The molecule has 0 radical (unpaired) electrons. The summed E-state index contributed by atoms with van der Waals surface area (Å²) in [6, 6.07) is 0. The van der Waals surface area contributed by atoms with Crippen LogP contribution in [0.1, 0.15) is 0 Å². The SMILES string of the molecule is N=C(N=C(N)N)N1CCS(=O)CC1. The summed E-state index contributed by atoms with van der Waals surface area (Å²) >= 11 is 0. The summed E-state index contributed by atoms with van der Waals surface area (Å²) in [6.07, 6.45) is 0. The lowest BCUT2D eigenvalue weighted by Gasteiger charge is -2.26. The number of hydrogen-bond donors (Lipinski definition) is 3. The molecule has 1 rings (SSSR count). The summed E-state index contributed by atoms with van der Waals surface area (Å²) in [5.74, 6) is 1.11. The van der Waals surface area contributed by atoms with Gasteiger partial charge in [0.05, 0.1) is 0 Å². The van der Waals surface area contributed by atoms with E-state index in [1.54, 1.807) is 4.90 Å². The average molecular weight is 203 g/mol. The third-order valence-electron chi connectivity index (χ3n) is 1.71. The maximum Gasteiger partial charge on any atom is 0.221 e. The number of rotatable bonds is 0. The van der Waals surface area contributed by atoms with E-state index in [1.165, 1.54) is 0 Å². The minimum absolute atomic E-state index is 0.0525. The van der Waals surface area contributed by atoms with Gasteiger partial charge in [0, 0.05) is 35.4 Å². The van der Waals surface area contributed by atoms with Gasteiger partial charge >= 0.3 is 0 Å². The van der Waals surface area contributed by atoms with Crippen LogP contribution >= 0.6 is 0 Å². The molecule has 1 aliphatic rings. The number of nitrogens with two attached hydrogens (primary N) is 2. The van der Waals surface area contributed by atoms with Crippen LogP contribution in [-0.2, 0) is 10.8 Å². The number of guanidine groups is 2. The number of aliphatic imine (C=N–C) groups is 1. The van der Waals surface area contributed by atoms with Crippen LogP contribution in [0.4, 0.5) is 0 Å². The van der Waals surface area contributed by atoms with Crippen LogP contribution in [0.25, 0.3) is 0 Å². The van der Waals surface area contributed by atoms with E-state index in [4.69, 9.17) is 16.9 Å². The van der Waals surface area contributed by atoms with Crippen LogP contribution in [0, 0.1) is 5.41 Å². The predicted molar refractivity (Wildman–Crippen MR) is 53.0 cm³/mol. The molecule has 0 bridgehead atoms. The van der Waals surface area contributed by atoms with Crippen molar-refractivity contribution >= 4 is 22.7 Å². The molecule has 0 unspecified atom stereocenters. The molecular formula is C6H13N5OS. The zero-order valence-electron chi connectivity index (χ0n) is 7.19. The minimum atomic E-state index is -0.739. The molecule has 0 spiro atoms. The molecule has 0 atom stereocenters. The van der Waals surface area contributed by atoms with E-state index in [1.807, 2.05) is 0 Å². The highest BCUT2D eigenvalue weighted by Crippen LogP contribution is 2.00. The zero-order valence-corrected chi connectivity index (χ0v) is 8.01. The summed E-state index contributed by atoms with van der Waals surface area (Å²) in [5, 5.41) is 7.46. The quantitative estimate of drug-likeness (QED) is 0.321. The normalized spacial score (nSPS) is 18.3. The van der Waals surface area contributed by atoms with E-state index >= 15 is 0 Å². The monoisotopic (exact) mass is 203 g/mol. The van der Waals surface area contributed by atoms with E-state index in [9.17, 15) is 4.21 Å². The van der Waals surface area contributed by atoms with Crippen molar-refractivity contribution in [1.82, 2.24) is 4.90 Å². The number of nitrogens with one attached hydrogen (secondary N) is 1. The summed E-state index contributed by atoms with van der Waals surface area (Å²) in [5.41, 5.74) is 10.3. The van der Waals surface area contributed by atoms with Gasteiger partial charge in [-0.2, -0.15) is 4.99 Å². The van der Waals surface area contributed by atoms with Gasteiger partial charge in [-0.3, -0.25) is 9.62 Å². The lowest BCUT2D eigenvalue weighted by molar-refractivity contribution is 0.448. The average Bonchev–Trinajstić information content (AvgIpc) is 2.04. The fourth-order valence-corrected chi connectivity index (χ4v) is 2.09. The molecule has 1 aliphatic heterocycles. The largest absolute Gasteiger partial charge is 0.370 e. The van der Waals surface area contributed by atoms with E-state index in [0.717, 1.165) is 0 Å². The van der Waals surface area contributed by atoms with Crippen molar-refractivity contribution in [2.24, 2.45) is 16.5 Å². The molecule has 1 saturated heterocycles. The second-order valence-corrected chi connectivity index (χ2v) is 4.39. The van der Waals surface area contributed by atoms with Gasteiger partial charge in [0.25, 0.3) is 0 Å². The summed E-state index contributed by atoms with van der Waals surface area (Å²) in [6.45, 7) is 1.17. The molecule has 13 heavy (non-hydrogen) atoms. The second-order valence-electron chi connectivity index (χ2n) is 2.70. The molecule has 0 saturated carbocycles. The van der Waals surface area contributed by atoms with Crippen molar-refractivity contribution in [2.45, 2.75) is 0 Å². The van der Waals surface area contributed by atoms with Gasteiger partial charge in [0.2, 0.25) is 5.96 Å². The van der Waals surface area contributed by atoms with Gasteiger partial charge < -0.3 is 16.4 Å². The van der Waals surface area contributed by atoms with Crippen LogP contribution in [0.3, 0.4) is 0 Å². The van der Waals surface area contributed by atoms with Gasteiger partial charge in [-0.15, -0.1) is 0 Å². The van der Waals surface area contributed by atoms with Crippen molar-refractivity contribution in [2.75, 3.05) is 24.6 Å². The van der Waals surface area contributed by atoms with Gasteiger partial charge in [-0.25, -0.2) is 0 Å². The van der Waals surface area contributed by atoms with Crippen molar-refractivity contribution in [3.05, 3.63) is 0 Å². The Balaban J connectivity index is 2.49. The van der Waals surface area contributed by atoms with Crippen molar-refractivity contribution in [1.29, 1.82) is 5.41 Å². The lowest BCUT2D eigenvalue weighted by atomic mass is 10.5. The van der Waals surface area contributed by atoms with E-state index in [-0.39, 0.29) is 11.9 Å². The minimum Gasteiger partial charge on any atom is -0.370 e. The number of hydrogen-bond acceptors (Lipinski definition) is 2. The highest BCUT2D eigenvalue weighted by molar-refractivity contribution is 7.85. The Hall–Kier alpha value is -1.11. The second kappa shape index (κ2) is 4.22. The van der Waals surface area contributed by atoms with Gasteiger partial charge in [0.1, 0.15) is 0 Å². The van der Waals surface area contributed by atoms with Crippen LogP contribution in [0.15, 0.2) is 4.99 Å². The van der Waals surface area contributed by atoms with Gasteiger partial charge in [0.15, 0.2) is 5.96 Å². The molecule has 1 fully saturated rings. The van der Waals surface area contributed by atoms with E-state index < -0.39 is 10.8 Å². The first-order valence-electron chi connectivity index (χ1n) is 3.87. The maximum absolute atomic E-state index is 11.0. The summed E-state index contributed by atoms with van der Waals surface area (Å²) in [4.78, 5) is 5.32. The smallest absolute Gasteiger partial charge is 0.221 e. The molecule has 7 heteroatoms. The Labute approximate surface area is 79.0 Å². The number of nitrogens with zero attached hydrogens (tertiary/aromatic N) is 2. The molecule has 1 heterocycles. The fourth-order valence-electron chi connectivity index (χ4n) is 1.04. The fraction of sp³-hybridized carbons (Fsp3) is 0.667. The highest BCUT2D eigenvalue weighted by Gasteiger charge is 2.16. The molecule has 0 aliphatic carbocycles. The standard InChI is InChI=1S/C6H13N5OS/c7-5(8)10-6(9)11-1-3-13(12)4-2-11/h1-4H2,(H5,7,8,9,10). The lowest BCUT2D eigenvalue weighted by Crippen LogP contribution is -2.42. The first kappa shape index (κ1) is 9.97. The Bertz CT molecular complexity index is 250. The Morgan fingerprint density at radius 2 is 1.92 bits per heavy atom. The molecule has 6 nitrogen and oxygen atoms in total. The first-order chi connectivity index (χ1) is 6.09. The van der Waals surface area contributed by atoms with Crippen LogP contribution in [-0.4, -0.2) is 45.6 Å². The van der Waals surface area contributed by atoms with Gasteiger partial charge in [-0.1, -0.05) is 0 Å². The van der Waals surface area contributed by atoms with Crippen molar-refractivity contribution in [3.8, 4) is 0 Å². The molecule has 0 aromatic heterocycles. The summed E-state index contributed by atoms with van der Waals surface area (Å²) < 4.78 is 11.0. The zero-order chi connectivity index (χ0) is 9.84. The highest BCUT2D eigenvalue weighted by atomic mass is 32.2. The van der Waals surface area contributed by atoms with Crippen LogP contribution in [0.5, 0.6) is 0 Å². The Kier molecular flexibility index (Phi) is 3.24. The summed E-state index contributed by atoms with van der Waals surface area (Å²) in [7, 11) is -0.739. The first-order valence-corrected chi connectivity index (χ1v) is 5.36. The molecule has 0 aromatic carbocycles. The molecule has 0 aromatic rings. The van der Waals surface area contributed by atoms with Crippen LogP contribution in [0.2, 0.25) is 0 Å². The predicted octanol–water partition coefficient (Wildman–Crippen LogP) is -1.74. The van der Waals surface area contributed by atoms with Crippen molar-refractivity contribution in [3.63, 3.8) is 0 Å². The van der Waals surface area contributed by atoms with Gasteiger partial charge in [-0.05, 0) is 0 Å².